The van der Waals surface area contributed by atoms with E-state index in [2.05, 4.69) is 13.8 Å². The largest absolute Gasteiger partial charge is 0.462 e. The molecule has 0 aromatic rings. The summed E-state index contributed by atoms with van der Waals surface area (Å²) in [5.41, 5.74) is -0.835. The van der Waals surface area contributed by atoms with Gasteiger partial charge in [0, 0.05) is 12.8 Å². The van der Waals surface area contributed by atoms with E-state index in [0.29, 0.717) is 19.4 Å². The molecule has 0 aliphatic carbocycles. The predicted molar refractivity (Wildman–Crippen MR) is 189 cm³/mol. The SMILES string of the molecule is CCCCCCCCCCCCCC(=O)OCC(COC(C)(C)COC(C)(C)C)OC(=O)CCCCCCCCCCCCC. The van der Waals surface area contributed by atoms with Crippen LogP contribution in [0.25, 0.3) is 0 Å². The second kappa shape index (κ2) is 29.0. The van der Waals surface area contributed by atoms with Crippen LogP contribution in [-0.4, -0.2) is 49.1 Å². The first-order valence-electron chi connectivity index (χ1n) is 19.1. The van der Waals surface area contributed by atoms with Crippen molar-refractivity contribution >= 4 is 11.9 Å². The van der Waals surface area contributed by atoms with Crippen LogP contribution in [0, 0.1) is 0 Å². The van der Waals surface area contributed by atoms with Crippen molar-refractivity contribution in [2.24, 2.45) is 0 Å². The first-order valence-corrected chi connectivity index (χ1v) is 19.1. The third-order valence-electron chi connectivity index (χ3n) is 8.21. The first kappa shape index (κ1) is 43.9. The maximum absolute atomic E-state index is 12.7. The van der Waals surface area contributed by atoms with E-state index in [1.165, 1.54) is 109 Å². The summed E-state index contributed by atoms with van der Waals surface area (Å²) in [7, 11) is 0. The summed E-state index contributed by atoms with van der Waals surface area (Å²) in [6.45, 7) is 15.1. The van der Waals surface area contributed by atoms with Gasteiger partial charge in [0.1, 0.15) is 6.61 Å². The third kappa shape index (κ3) is 32.6. The van der Waals surface area contributed by atoms with Crippen molar-refractivity contribution in [1.29, 1.82) is 0 Å². The van der Waals surface area contributed by atoms with E-state index in [1.54, 1.807) is 0 Å². The molecule has 6 nitrogen and oxygen atoms in total. The van der Waals surface area contributed by atoms with Gasteiger partial charge in [-0.15, -0.1) is 0 Å². The summed E-state index contributed by atoms with van der Waals surface area (Å²) in [6.07, 6.45) is 27.4. The van der Waals surface area contributed by atoms with Crippen LogP contribution in [0.5, 0.6) is 0 Å². The Bertz CT molecular complexity index is 684. The maximum atomic E-state index is 12.7. The molecular weight excluding hydrogens is 564 g/mol. The fourth-order valence-electron chi connectivity index (χ4n) is 5.24. The van der Waals surface area contributed by atoms with Gasteiger partial charge in [0.2, 0.25) is 0 Å². The Morgan fingerprint density at radius 2 is 0.867 bits per heavy atom. The van der Waals surface area contributed by atoms with Gasteiger partial charge in [-0.05, 0) is 47.5 Å². The number of carbonyl (C=O) groups excluding carboxylic acids is 2. The lowest BCUT2D eigenvalue weighted by molar-refractivity contribution is -0.172. The quantitative estimate of drug-likeness (QED) is 0.0538. The minimum Gasteiger partial charge on any atom is -0.462 e. The summed E-state index contributed by atoms with van der Waals surface area (Å²) >= 11 is 0. The van der Waals surface area contributed by atoms with Crippen molar-refractivity contribution in [3.8, 4) is 0 Å². The number of esters is 2. The molecule has 45 heavy (non-hydrogen) atoms. The highest BCUT2D eigenvalue weighted by atomic mass is 16.6. The van der Waals surface area contributed by atoms with E-state index in [9.17, 15) is 9.59 Å². The van der Waals surface area contributed by atoms with Crippen molar-refractivity contribution in [2.75, 3.05) is 19.8 Å². The molecule has 1 unspecified atom stereocenters. The van der Waals surface area contributed by atoms with Crippen LogP contribution < -0.4 is 0 Å². The minimum atomic E-state index is -0.625. The Kier molecular flexibility index (Phi) is 28.3. The fourth-order valence-corrected chi connectivity index (χ4v) is 5.24. The summed E-state index contributed by atoms with van der Waals surface area (Å²) < 4.78 is 23.3. The molecule has 0 heterocycles. The molecule has 0 aromatic carbocycles. The minimum absolute atomic E-state index is 0.0249. The molecule has 0 fully saturated rings. The number of hydrogen-bond donors (Lipinski definition) is 0. The molecule has 0 saturated heterocycles. The Balaban J connectivity index is 4.39. The second-order valence-electron chi connectivity index (χ2n) is 14.8. The molecule has 0 spiro atoms. The average Bonchev–Trinajstić information content (AvgIpc) is 2.98. The number of hydrogen-bond acceptors (Lipinski definition) is 6. The van der Waals surface area contributed by atoms with E-state index in [0.717, 1.165) is 32.1 Å². The zero-order chi connectivity index (χ0) is 33.7. The lowest BCUT2D eigenvalue weighted by Gasteiger charge is -2.31. The molecule has 268 valence electrons. The smallest absolute Gasteiger partial charge is 0.306 e. The highest BCUT2D eigenvalue weighted by molar-refractivity contribution is 5.70. The molecule has 0 radical (unpaired) electrons. The second-order valence-corrected chi connectivity index (χ2v) is 14.8. The van der Waals surface area contributed by atoms with Gasteiger partial charge in [-0.3, -0.25) is 9.59 Å². The lowest BCUT2D eigenvalue weighted by atomic mass is 10.1. The topological polar surface area (TPSA) is 71.1 Å². The van der Waals surface area contributed by atoms with Crippen LogP contribution in [0.1, 0.15) is 203 Å². The van der Waals surface area contributed by atoms with Crippen molar-refractivity contribution in [1.82, 2.24) is 0 Å². The number of rotatable bonds is 32. The Hall–Kier alpha value is -1.14. The van der Waals surface area contributed by atoms with Crippen LogP contribution in [0.15, 0.2) is 0 Å². The van der Waals surface area contributed by atoms with Gasteiger partial charge in [-0.25, -0.2) is 0 Å². The van der Waals surface area contributed by atoms with Crippen LogP contribution in [0.4, 0.5) is 0 Å². The molecule has 0 aliphatic rings. The Morgan fingerprint density at radius 3 is 1.27 bits per heavy atom. The van der Waals surface area contributed by atoms with Gasteiger partial charge in [0.05, 0.1) is 24.4 Å². The highest BCUT2D eigenvalue weighted by Crippen LogP contribution is 2.18. The normalized spacial score (nSPS) is 12.8. The Labute approximate surface area is 279 Å². The van der Waals surface area contributed by atoms with Gasteiger partial charge >= 0.3 is 11.9 Å². The highest BCUT2D eigenvalue weighted by Gasteiger charge is 2.26. The van der Waals surface area contributed by atoms with Crippen LogP contribution in [0.2, 0.25) is 0 Å². The van der Waals surface area contributed by atoms with E-state index in [-0.39, 0.29) is 30.8 Å². The Morgan fingerprint density at radius 1 is 0.489 bits per heavy atom. The van der Waals surface area contributed by atoms with E-state index >= 15 is 0 Å². The monoisotopic (exact) mass is 641 g/mol. The van der Waals surface area contributed by atoms with Gasteiger partial charge in [-0.2, -0.15) is 0 Å². The molecular formula is C39H76O6. The van der Waals surface area contributed by atoms with Gasteiger partial charge < -0.3 is 18.9 Å². The fraction of sp³-hybridized carbons (Fsp3) is 0.949. The van der Waals surface area contributed by atoms with E-state index in [4.69, 9.17) is 18.9 Å². The third-order valence-corrected chi connectivity index (χ3v) is 8.21. The molecule has 0 rings (SSSR count). The number of carbonyl (C=O) groups is 2. The van der Waals surface area contributed by atoms with Crippen LogP contribution >= 0.6 is 0 Å². The molecule has 0 amide bonds. The number of unbranched alkanes of at least 4 members (excludes halogenated alkanes) is 20. The van der Waals surface area contributed by atoms with Crippen molar-refractivity contribution < 1.29 is 28.5 Å². The van der Waals surface area contributed by atoms with Crippen LogP contribution in [-0.2, 0) is 28.5 Å². The molecule has 1 atom stereocenters. The molecule has 0 bridgehead atoms. The molecule has 0 aromatic heterocycles. The van der Waals surface area contributed by atoms with E-state index in [1.807, 2.05) is 34.6 Å². The van der Waals surface area contributed by atoms with Gasteiger partial charge in [0.15, 0.2) is 6.10 Å². The zero-order valence-electron chi connectivity index (χ0n) is 31.1. The standard InChI is InChI=1S/C39H76O6/c1-8-10-12-14-16-18-20-22-24-26-28-30-36(40)42-32-35(33-43-39(6,7)34-44-38(3,4)5)45-37(41)31-29-27-25-23-21-19-17-15-13-11-9-2/h35H,8-34H2,1-7H3. The van der Waals surface area contributed by atoms with Crippen LogP contribution in [0.3, 0.4) is 0 Å². The van der Waals surface area contributed by atoms with Crippen molar-refractivity contribution in [3.63, 3.8) is 0 Å². The molecule has 6 heteroatoms. The average molecular weight is 641 g/mol. The lowest BCUT2D eigenvalue weighted by Crippen LogP contribution is -2.39. The first-order chi connectivity index (χ1) is 21.5. The predicted octanol–water partition coefficient (Wildman–Crippen LogP) is 11.5. The summed E-state index contributed by atoms with van der Waals surface area (Å²) in [6, 6.07) is 0. The van der Waals surface area contributed by atoms with E-state index < -0.39 is 11.7 Å². The summed E-state index contributed by atoms with van der Waals surface area (Å²) in [4.78, 5) is 25.2. The van der Waals surface area contributed by atoms with Gasteiger partial charge in [0.25, 0.3) is 0 Å². The summed E-state index contributed by atoms with van der Waals surface area (Å²) in [5, 5.41) is 0. The van der Waals surface area contributed by atoms with Crippen molar-refractivity contribution in [2.45, 2.75) is 220 Å². The molecule has 0 saturated carbocycles. The summed E-state index contributed by atoms with van der Waals surface area (Å²) in [5.74, 6) is -0.475. The molecule has 0 N–H and O–H groups in total. The van der Waals surface area contributed by atoms with Gasteiger partial charge in [-0.1, -0.05) is 142 Å². The molecule has 0 aliphatic heterocycles. The zero-order valence-corrected chi connectivity index (χ0v) is 31.1. The maximum Gasteiger partial charge on any atom is 0.306 e. The number of ether oxygens (including phenoxy) is 4. The van der Waals surface area contributed by atoms with Crippen molar-refractivity contribution in [3.05, 3.63) is 0 Å².